The van der Waals surface area contributed by atoms with Crippen LogP contribution in [0.15, 0.2) is 30.3 Å². The van der Waals surface area contributed by atoms with Gasteiger partial charge >= 0.3 is 0 Å². The van der Waals surface area contributed by atoms with E-state index in [0.717, 1.165) is 6.42 Å². The van der Waals surface area contributed by atoms with Crippen molar-refractivity contribution in [1.82, 2.24) is 5.32 Å². The van der Waals surface area contributed by atoms with E-state index in [-0.39, 0.29) is 5.91 Å². The highest BCUT2D eigenvalue weighted by atomic mass is 16.1. The fourth-order valence-corrected chi connectivity index (χ4v) is 1.23. The molecule has 0 heterocycles. The molecule has 1 rings (SSSR count). The van der Waals surface area contributed by atoms with E-state index in [2.05, 4.69) is 48.7 Å². The minimum absolute atomic E-state index is 0.0266. The van der Waals surface area contributed by atoms with Crippen molar-refractivity contribution >= 4 is 12.0 Å². The van der Waals surface area contributed by atoms with Gasteiger partial charge in [-0.3, -0.25) is 4.79 Å². The van der Waals surface area contributed by atoms with Crippen LogP contribution in [0.1, 0.15) is 24.5 Å². The molecule has 1 aromatic rings. The van der Waals surface area contributed by atoms with Crippen molar-refractivity contribution in [2.75, 3.05) is 6.54 Å². The first-order valence-electron chi connectivity index (χ1n) is 5.16. The Morgan fingerprint density at radius 1 is 1.33 bits per heavy atom. The molecule has 1 N–H and O–H groups in total. The third-order valence-corrected chi connectivity index (χ3v) is 2.07. The first-order chi connectivity index (χ1) is 7.18. The van der Waals surface area contributed by atoms with E-state index in [1.807, 2.05) is 0 Å². The highest BCUT2D eigenvalue weighted by Crippen LogP contribution is 2.05. The van der Waals surface area contributed by atoms with Gasteiger partial charge in [-0.15, -0.1) is 0 Å². The van der Waals surface area contributed by atoms with Crippen LogP contribution in [0, 0.1) is 6.92 Å². The molecule has 0 spiro atoms. The lowest BCUT2D eigenvalue weighted by molar-refractivity contribution is -0.118. The number of hydrogen-bond acceptors (Lipinski definition) is 1. The largest absolute Gasteiger partial charge is 0.356 e. The first-order valence-corrected chi connectivity index (χ1v) is 5.16. The van der Waals surface area contributed by atoms with E-state index in [1.54, 1.807) is 0 Å². The van der Waals surface area contributed by atoms with Crippen LogP contribution < -0.4 is 5.32 Å². The fourth-order valence-electron chi connectivity index (χ4n) is 1.23. The summed E-state index contributed by atoms with van der Waals surface area (Å²) in [5, 5.41) is 2.75. The Labute approximate surface area is 91.0 Å². The Kier molecular flexibility index (Phi) is 4.61. The van der Waals surface area contributed by atoms with Gasteiger partial charge < -0.3 is 5.32 Å². The summed E-state index contributed by atoms with van der Waals surface area (Å²) in [6.45, 7) is 4.31. The molecule has 2 nitrogen and oxygen atoms in total. The van der Waals surface area contributed by atoms with Crippen LogP contribution in [0.4, 0.5) is 0 Å². The molecule has 0 bridgehead atoms. The van der Waals surface area contributed by atoms with E-state index < -0.39 is 0 Å². The molecule has 1 amide bonds. The Bertz CT molecular complexity index is 338. The topological polar surface area (TPSA) is 29.1 Å². The summed E-state index contributed by atoms with van der Waals surface area (Å²) in [6.07, 6.45) is 5.01. The maximum absolute atomic E-state index is 10.6. The summed E-state index contributed by atoms with van der Waals surface area (Å²) in [5.74, 6) is 0.0266. The van der Waals surface area contributed by atoms with Crippen LogP contribution in [0.2, 0.25) is 0 Å². The fraction of sp³-hybridized carbons (Fsp3) is 0.308. The van der Waals surface area contributed by atoms with Gasteiger partial charge in [0, 0.05) is 13.5 Å². The number of amides is 1. The standard InChI is InChI=1S/C13H17NO/c1-11-6-8-13(9-7-11)5-3-4-10-14-12(2)15/h3,5-9H,4,10H2,1-2H3,(H,14,15). The van der Waals surface area contributed by atoms with Crippen molar-refractivity contribution < 1.29 is 4.79 Å². The molecule has 0 atom stereocenters. The molecule has 0 saturated heterocycles. The van der Waals surface area contributed by atoms with E-state index >= 15 is 0 Å². The average molecular weight is 203 g/mol. The molecule has 0 radical (unpaired) electrons. The third-order valence-electron chi connectivity index (χ3n) is 2.07. The van der Waals surface area contributed by atoms with E-state index in [4.69, 9.17) is 0 Å². The Morgan fingerprint density at radius 3 is 2.60 bits per heavy atom. The monoisotopic (exact) mass is 203 g/mol. The van der Waals surface area contributed by atoms with Gasteiger partial charge in [-0.25, -0.2) is 0 Å². The highest BCUT2D eigenvalue weighted by molar-refractivity contribution is 5.72. The van der Waals surface area contributed by atoms with Crippen molar-refractivity contribution in [3.05, 3.63) is 41.5 Å². The Morgan fingerprint density at radius 2 is 2.00 bits per heavy atom. The van der Waals surface area contributed by atoms with Gasteiger partial charge in [0.05, 0.1) is 0 Å². The normalized spacial score (nSPS) is 10.5. The average Bonchev–Trinajstić information content (AvgIpc) is 2.20. The maximum atomic E-state index is 10.6. The third kappa shape index (κ3) is 5.01. The number of benzene rings is 1. The van der Waals surface area contributed by atoms with Gasteiger partial charge in [0.1, 0.15) is 0 Å². The quantitative estimate of drug-likeness (QED) is 0.748. The van der Waals surface area contributed by atoms with Crippen LogP contribution in [-0.4, -0.2) is 12.5 Å². The van der Waals surface area contributed by atoms with Gasteiger partial charge in [0.2, 0.25) is 5.91 Å². The lowest BCUT2D eigenvalue weighted by Gasteiger charge is -1.97. The van der Waals surface area contributed by atoms with Crippen LogP contribution in [0.5, 0.6) is 0 Å². The second-order valence-corrected chi connectivity index (χ2v) is 3.58. The molecular formula is C13H17NO. The van der Waals surface area contributed by atoms with Crippen LogP contribution in [-0.2, 0) is 4.79 Å². The molecule has 1 aromatic carbocycles. The highest BCUT2D eigenvalue weighted by Gasteiger charge is 1.88. The second kappa shape index (κ2) is 6.02. The Balaban J connectivity index is 2.32. The van der Waals surface area contributed by atoms with Crippen molar-refractivity contribution in [2.24, 2.45) is 0 Å². The molecular weight excluding hydrogens is 186 g/mol. The lowest BCUT2D eigenvalue weighted by Crippen LogP contribution is -2.20. The van der Waals surface area contributed by atoms with Gasteiger partial charge in [0.15, 0.2) is 0 Å². The summed E-state index contributed by atoms with van der Waals surface area (Å²) in [4.78, 5) is 10.6. The number of aryl methyl sites for hydroxylation is 1. The predicted molar refractivity (Wildman–Crippen MR) is 63.5 cm³/mol. The summed E-state index contributed by atoms with van der Waals surface area (Å²) >= 11 is 0. The zero-order chi connectivity index (χ0) is 11.1. The van der Waals surface area contributed by atoms with E-state index in [1.165, 1.54) is 18.1 Å². The summed E-state index contributed by atoms with van der Waals surface area (Å²) in [5.41, 5.74) is 2.47. The molecule has 0 aliphatic rings. The molecule has 80 valence electrons. The minimum Gasteiger partial charge on any atom is -0.356 e. The molecule has 0 saturated carbocycles. The number of carbonyl (C=O) groups is 1. The van der Waals surface area contributed by atoms with E-state index in [9.17, 15) is 4.79 Å². The van der Waals surface area contributed by atoms with Gasteiger partial charge in [-0.05, 0) is 18.9 Å². The zero-order valence-corrected chi connectivity index (χ0v) is 9.29. The number of nitrogens with one attached hydrogen (secondary N) is 1. The molecule has 0 aliphatic carbocycles. The van der Waals surface area contributed by atoms with Gasteiger partial charge in [-0.2, -0.15) is 0 Å². The maximum Gasteiger partial charge on any atom is 0.216 e. The summed E-state index contributed by atoms with van der Waals surface area (Å²) in [7, 11) is 0. The molecule has 0 unspecified atom stereocenters. The van der Waals surface area contributed by atoms with Gasteiger partial charge in [0.25, 0.3) is 0 Å². The summed E-state index contributed by atoms with van der Waals surface area (Å²) in [6, 6.07) is 8.36. The zero-order valence-electron chi connectivity index (χ0n) is 9.29. The first kappa shape index (κ1) is 11.5. The molecule has 0 aromatic heterocycles. The SMILES string of the molecule is CC(=O)NCCC=Cc1ccc(C)cc1. The van der Waals surface area contributed by atoms with E-state index in [0.29, 0.717) is 6.54 Å². The van der Waals surface area contributed by atoms with Crippen LogP contribution >= 0.6 is 0 Å². The van der Waals surface area contributed by atoms with Crippen LogP contribution in [0.3, 0.4) is 0 Å². The minimum atomic E-state index is 0.0266. The molecule has 0 fully saturated rings. The number of hydrogen-bond donors (Lipinski definition) is 1. The molecule has 2 heteroatoms. The smallest absolute Gasteiger partial charge is 0.216 e. The number of rotatable bonds is 4. The lowest BCUT2D eigenvalue weighted by atomic mass is 10.1. The molecule has 0 aliphatic heterocycles. The Hall–Kier alpha value is -1.57. The van der Waals surface area contributed by atoms with Crippen molar-refractivity contribution in [1.29, 1.82) is 0 Å². The van der Waals surface area contributed by atoms with Crippen molar-refractivity contribution in [3.8, 4) is 0 Å². The molecule has 15 heavy (non-hydrogen) atoms. The summed E-state index contributed by atoms with van der Waals surface area (Å²) < 4.78 is 0. The van der Waals surface area contributed by atoms with Crippen molar-refractivity contribution in [2.45, 2.75) is 20.3 Å². The number of carbonyl (C=O) groups excluding carboxylic acids is 1. The second-order valence-electron chi connectivity index (χ2n) is 3.58. The van der Waals surface area contributed by atoms with Crippen LogP contribution in [0.25, 0.3) is 6.08 Å². The van der Waals surface area contributed by atoms with Crippen molar-refractivity contribution in [3.63, 3.8) is 0 Å². The van der Waals surface area contributed by atoms with Gasteiger partial charge in [-0.1, -0.05) is 42.0 Å². The predicted octanol–water partition coefficient (Wildman–Crippen LogP) is 2.53.